The molecule has 0 saturated heterocycles. The molecule has 0 radical (unpaired) electrons. The van der Waals surface area contributed by atoms with Crippen molar-refractivity contribution in [2.45, 2.75) is 57.1 Å². The number of hydrogen-bond donors (Lipinski definition) is 2. The van der Waals surface area contributed by atoms with Crippen LogP contribution in [0.15, 0.2) is 17.0 Å². The molecule has 2 N–H and O–H groups in total. The van der Waals surface area contributed by atoms with Gasteiger partial charge in [0, 0.05) is 11.6 Å². The molecule has 1 aliphatic rings. The molecule has 0 amide bonds. The van der Waals surface area contributed by atoms with E-state index in [0.29, 0.717) is 5.92 Å². The summed E-state index contributed by atoms with van der Waals surface area (Å²) in [6.45, 7) is 3.10. The maximum absolute atomic E-state index is 13.7. The normalized spacial score (nSPS) is 23.2. The van der Waals surface area contributed by atoms with Crippen LogP contribution in [0.2, 0.25) is 0 Å². The lowest BCUT2D eigenvalue weighted by Gasteiger charge is -2.27. The Kier molecular flexibility index (Phi) is 5.01. The van der Waals surface area contributed by atoms with E-state index in [-0.39, 0.29) is 22.1 Å². The Hall–Kier alpha value is -0.980. The molecule has 21 heavy (non-hydrogen) atoms. The van der Waals surface area contributed by atoms with Crippen LogP contribution in [0.5, 0.6) is 0 Å². The van der Waals surface area contributed by atoms with E-state index < -0.39 is 22.4 Å². The van der Waals surface area contributed by atoms with E-state index in [9.17, 15) is 12.8 Å². The minimum absolute atomic E-state index is 0.00684. The lowest BCUT2D eigenvalue weighted by molar-refractivity contribution is 0.275. The highest BCUT2D eigenvalue weighted by Crippen LogP contribution is 2.26. The van der Waals surface area contributed by atoms with Crippen LogP contribution in [0, 0.1) is 18.7 Å². The topological polar surface area (TPSA) is 66.4 Å². The third-order valence-corrected chi connectivity index (χ3v) is 5.54. The van der Waals surface area contributed by atoms with Gasteiger partial charge in [0.25, 0.3) is 0 Å². The zero-order valence-electron chi connectivity index (χ0n) is 12.4. The van der Waals surface area contributed by atoms with Crippen molar-refractivity contribution in [1.82, 2.24) is 4.72 Å². The van der Waals surface area contributed by atoms with Gasteiger partial charge in [-0.2, -0.15) is 0 Å². The van der Waals surface area contributed by atoms with Crippen molar-refractivity contribution in [2.75, 3.05) is 0 Å². The van der Waals surface area contributed by atoms with E-state index in [2.05, 4.69) is 11.6 Å². The molecule has 0 aromatic heterocycles. The Morgan fingerprint density at radius 3 is 2.71 bits per heavy atom. The first-order chi connectivity index (χ1) is 9.83. The zero-order valence-corrected chi connectivity index (χ0v) is 13.2. The largest absolute Gasteiger partial charge is 0.392 e. The minimum atomic E-state index is -3.68. The fourth-order valence-electron chi connectivity index (χ4n) is 2.91. The molecular weight excluding hydrogens is 293 g/mol. The Morgan fingerprint density at radius 2 is 2.10 bits per heavy atom. The quantitative estimate of drug-likeness (QED) is 0.897. The van der Waals surface area contributed by atoms with Gasteiger partial charge < -0.3 is 5.11 Å². The number of halogens is 1. The molecule has 0 spiro atoms. The van der Waals surface area contributed by atoms with Crippen LogP contribution < -0.4 is 4.72 Å². The first kappa shape index (κ1) is 16.4. The first-order valence-corrected chi connectivity index (χ1v) is 8.74. The van der Waals surface area contributed by atoms with Crippen molar-refractivity contribution in [1.29, 1.82) is 0 Å². The summed E-state index contributed by atoms with van der Waals surface area (Å²) in [7, 11) is -3.68. The predicted molar refractivity (Wildman–Crippen MR) is 78.8 cm³/mol. The van der Waals surface area contributed by atoms with Crippen molar-refractivity contribution in [2.24, 2.45) is 5.92 Å². The third-order valence-electron chi connectivity index (χ3n) is 4.04. The van der Waals surface area contributed by atoms with Gasteiger partial charge in [0.1, 0.15) is 5.82 Å². The minimum Gasteiger partial charge on any atom is -0.392 e. The number of hydrogen-bond acceptors (Lipinski definition) is 3. The summed E-state index contributed by atoms with van der Waals surface area (Å²) in [6.07, 6.45) is 3.80. The van der Waals surface area contributed by atoms with Crippen LogP contribution in [0.25, 0.3) is 0 Å². The Balaban J connectivity index is 2.25. The van der Waals surface area contributed by atoms with E-state index >= 15 is 0 Å². The van der Waals surface area contributed by atoms with E-state index in [1.807, 2.05) is 0 Å². The van der Waals surface area contributed by atoms with Gasteiger partial charge in [-0.05, 0) is 43.4 Å². The van der Waals surface area contributed by atoms with Crippen molar-refractivity contribution in [3.63, 3.8) is 0 Å². The van der Waals surface area contributed by atoms with E-state index in [1.54, 1.807) is 0 Å². The lowest BCUT2D eigenvalue weighted by atomic mass is 9.88. The van der Waals surface area contributed by atoms with E-state index in [1.165, 1.54) is 19.1 Å². The number of aryl methyl sites for hydroxylation is 1. The van der Waals surface area contributed by atoms with Gasteiger partial charge in [0.2, 0.25) is 10.0 Å². The Bertz CT molecular complexity index is 616. The van der Waals surface area contributed by atoms with Crippen molar-refractivity contribution >= 4 is 10.0 Å². The lowest BCUT2D eigenvalue weighted by Crippen LogP contribution is -2.38. The van der Waals surface area contributed by atoms with Crippen LogP contribution in [0.3, 0.4) is 0 Å². The highest BCUT2D eigenvalue weighted by atomic mass is 32.2. The number of benzene rings is 1. The second-order valence-corrected chi connectivity index (χ2v) is 7.68. The highest BCUT2D eigenvalue weighted by molar-refractivity contribution is 7.89. The van der Waals surface area contributed by atoms with Gasteiger partial charge in [-0.25, -0.2) is 17.5 Å². The number of rotatable bonds is 4. The Morgan fingerprint density at radius 1 is 1.38 bits per heavy atom. The summed E-state index contributed by atoms with van der Waals surface area (Å²) < 4.78 is 41.3. The summed E-state index contributed by atoms with van der Waals surface area (Å²) in [4.78, 5) is 0.0173. The van der Waals surface area contributed by atoms with Crippen LogP contribution in [-0.4, -0.2) is 19.6 Å². The number of nitrogens with one attached hydrogen (secondary N) is 1. The van der Waals surface area contributed by atoms with Gasteiger partial charge in [-0.1, -0.05) is 19.8 Å². The molecule has 0 aliphatic heterocycles. The Labute approximate surface area is 125 Å². The molecule has 4 nitrogen and oxygen atoms in total. The van der Waals surface area contributed by atoms with Gasteiger partial charge in [-0.15, -0.1) is 0 Å². The molecule has 6 heteroatoms. The molecule has 1 aliphatic carbocycles. The predicted octanol–water partition coefficient (Wildman–Crippen LogP) is 2.48. The summed E-state index contributed by atoms with van der Waals surface area (Å²) >= 11 is 0. The number of aliphatic hydroxyl groups excluding tert-OH is 1. The fourth-order valence-corrected chi connectivity index (χ4v) is 4.32. The first-order valence-electron chi connectivity index (χ1n) is 7.25. The number of sulfonamides is 1. The average Bonchev–Trinajstić information content (AvgIpc) is 2.41. The van der Waals surface area contributed by atoms with Crippen LogP contribution in [-0.2, 0) is 16.6 Å². The molecule has 1 aromatic rings. The van der Waals surface area contributed by atoms with Crippen LogP contribution in [0.4, 0.5) is 4.39 Å². The molecule has 2 rings (SSSR count). The van der Waals surface area contributed by atoms with Crippen molar-refractivity contribution in [3.8, 4) is 0 Å². The molecule has 2 atom stereocenters. The third kappa shape index (κ3) is 3.81. The highest BCUT2D eigenvalue weighted by Gasteiger charge is 2.25. The maximum Gasteiger partial charge on any atom is 0.240 e. The summed E-state index contributed by atoms with van der Waals surface area (Å²) in [5, 5.41) is 9.13. The molecular formula is C15H22FNO3S. The maximum atomic E-state index is 13.7. The standard InChI is InChI=1S/C15H22FNO3S/c1-10-4-3-5-13(6-10)17-21(19,20)14-7-11(2)15(16)12(8-14)9-18/h7-8,10,13,17-18H,3-6,9H2,1-2H3. The zero-order chi connectivity index (χ0) is 15.6. The van der Waals surface area contributed by atoms with Crippen molar-refractivity contribution < 1.29 is 17.9 Å². The van der Waals surface area contributed by atoms with Crippen molar-refractivity contribution in [3.05, 3.63) is 29.1 Å². The smallest absolute Gasteiger partial charge is 0.240 e. The van der Waals surface area contributed by atoms with Gasteiger partial charge >= 0.3 is 0 Å². The summed E-state index contributed by atoms with van der Waals surface area (Å²) in [6, 6.07) is 2.45. The molecule has 0 heterocycles. The molecule has 1 aromatic carbocycles. The second kappa shape index (κ2) is 6.42. The summed E-state index contributed by atoms with van der Waals surface area (Å²) in [5.74, 6) is -0.0443. The number of aliphatic hydroxyl groups is 1. The molecule has 1 saturated carbocycles. The fraction of sp³-hybridized carbons (Fsp3) is 0.600. The van der Waals surface area contributed by atoms with Crippen LogP contribution >= 0.6 is 0 Å². The molecule has 1 fully saturated rings. The van der Waals surface area contributed by atoms with Gasteiger partial charge in [0.15, 0.2) is 0 Å². The van der Waals surface area contributed by atoms with Gasteiger partial charge in [-0.3, -0.25) is 0 Å². The SMILES string of the molecule is Cc1cc(S(=O)(=O)NC2CCCC(C)C2)cc(CO)c1F. The van der Waals surface area contributed by atoms with Crippen LogP contribution in [0.1, 0.15) is 43.7 Å². The average molecular weight is 315 g/mol. The summed E-state index contributed by atoms with van der Waals surface area (Å²) in [5.41, 5.74) is 0.228. The molecule has 0 bridgehead atoms. The second-order valence-electron chi connectivity index (χ2n) is 5.96. The molecule has 118 valence electrons. The van der Waals surface area contributed by atoms with E-state index in [0.717, 1.165) is 25.7 Å². The molecule has 2 unspecified atom stereocenters. The monoisotopic (exact) mass is 315 g/mol. The van der Waals surface area contributed by atoms with E-state index in [4.69, 9.17) is 5.11 Å². The van der Waals surface area contributed by atoms with Gasteiger partial charge in [0.05, 0.1) is 11.5 Å².